The van der Waals surface area contributed by atoms with Crippen LogP contribution in [0.5, 0.6) is 0 Å². The second-order valence-electron chi connectivity index (χ2n) is 4.55. The first kappa shape index (κ1) is 18.0. The Morgan fingerprint density at radius 2 is 2.14 bits per heavy atom. The largest absolute Gasteiger partial charge is 0.481 e. The molecule has 122 valence electrons. The van der Waals surface area contributed by atoms with Crippen LogP contribution in [-0.4, -0.2) is 49.7 Å². The van der Waals surface area contributed by atoms with Crippen molar-refractivity contribution < 1.29 is 19.6 Å². The third-order valence-electron chi connectivity index (χ3n) is 2.87. The number of hydrogen-bond acceptors (Lipinski definition) is 6. The van der Waals surface area contributed by atoms with Crippen molar-refractivity contribution in [3.63, 3.8) is 0 Å². The van der Waals surface area contributed by atoms with Crippen molar-refractivity contribution in [2.24, 2.45) is 0 Å². The molecule has 0 saturated carbocycles. The summed E-state index contributed by atoms with van der Waals surface area (Å²) in [5.74, 6) is -0.567. The van der Waals surface area contributed by atoms with Crippen LogP contribution in [0.1, 0.15) is 17.8 Å². The Bertz CT molecular complexity index is 572. The second-order valence-corrected chi connectivity index (χ2v) is 5.65. The van der Waals surface area contributed by atoms with Crippen LogP contribution in [0.3, 0.4) is 0 Å². The van der Waals surface area contributed by atoms with Crippen molar-refractivity contribution in [1.29, 1.82) is 0 Å². The number of carbonyl (C=O) groups excluding carboxylic acids is 1. The Labute approximate surface area is 131 Å². The van der Waals surface area contributed by atoms with Gasteiger partial charge in [-0.25, -0.2) is 0 Å². The van der Waals surface area contributed by atoms with Gasteiger partial charge in [0, 0.05) is 18.7 Å². The summed E-state index contributed by atoms with van der Waals surface area (Å²) in [6, 6.07) is 0. The van der Waals surface area contributed by atoms with Gasteiger partial charge >= 0.3 is 11.7 Å². The molecule has 1 amide bonds. The number of thioether (sulfide) groups is 1. The fraction of sp³-hybridized carbons (Fsp3) is 0.583. The fourth-order valence-electron chi connectivity index (χ4n) is 1.89. The molecule has 0 radical (unpaired) electrons. The van der Waals surface area contributed by atoms with Crippen LogP contribution in [0.4, 0.5) is 5.69 Å². The van der Waals surface area contributed by atoms with E-state index in [0.29, 0.717) is 23.7 Å². The summed E-state index contributed by atoms with van der Waals surface area (Å²) in [7, 11) is 0. The highest BCUT2D eigenvalue weighted by molar-refractivity contribution is 7.99. The minimum Gasteiger partial charge on any atom is -0.481 e. The highest BCUT2D eigenvalue weighted by Gasteiger charge is 2.21. The number of amides is 1. The number of carboxylic acid groups (broad SMARTS) is 1. The van der Waals surface area contributed by atoms with E-state index in [-0.39, 0.29) is 30.3 Å². The van der Waals surface area contributed by atoms with Gasteiger partial charge in [-0.3, -0.25) is 24.4 Å². The Balaban J connectivity index is 2.37. The first-order valence-electron chi connectivity index (χ1n) is 6.57. The van der Waals surface area contributed by atoms with Crippen molar-refractivity contribution in [2.45, 2.75) is 26.8 Å². The van der Waals surface area contributed by atoms with E-state index in [4.69, 9.17) is 5.11 Å². The van der Waals surface area contributed by atoms with Gasteiger partial charge in [0.15, 0.2) is 0 Å². The Hall–Kier alpha value is -2.10. The van der Waals surface area contributed by atoms with Gasteiger partial charge < -0.3 is 10.4 Å². The Morgan fingerprint density at radius 1 is 1.45 bits per heavy atom. The predicted octanol–water partition coefficient (Wildman–Crippen LogP) is 0.732. The van der Waals surface area contributed by atoms with Crippen molar-refractivity contribution in [2.75, 3.05) is 18.1 Å². The summed E-state index contributed by atoms with van der Waals surface area (Å²) in [5, 5.41) is 26.1. The van der Waals surface area contributed by atoms with Crippen molar-refractivity contribution in [1.82, 2.24) is 15.1 Å². The van der Waals surface area contributed by atoms with E-state index in [1.54, 1.807) is 13.8 Å². The minimum atomic E-state index is -0.887. The predicted molar refractivity (Wildman–Crippen MR) is 80.9 cm³/mol. The standard InChI is InChI=1S/C12H18N4O5S/c1-8-12(16(20)21)9(2)15(14-8)5-3-10(17)13-4-6-22-7-11(18)19/h3-7H2,1-2H3,(H,13,17)(H,18,19). The van der Waals surface area contributed by atoms with E-state index in [0.717, 1.165) is 0 Å². The number of nitrogens with zero attached hydrogens (tertiary/aromatic N) is 3. The third kappa shape index (κ3) is 5.35. The Kier molecular flexibility index (Phi) is 6.83. The van der Waals surface area contributed by atoms with E-state index in [9.17, 15) is 19.7 Å². The first-order valence-corrected chi connectivity index (χ1v) is 7.73. The number of aryl methyl sites for hydroxylation is 2. The molecule has 0 unspecified atom stereocenters. The molecular weight excluding hydrogens is 312 g/mol. The van der Waals surface area contributed by atoms with Gasteiger partial charge in [0.2, 0.25) is 5.91 Å². The molecule has 0 saturated heterocycles. The number of carbonyl (C=O) groups is 2. The Morgan fingerprint density at radius 3 is 2.68 bits per heavy atom. The summed E-state index contributed by atoms with van der Waals surface area (Å²) in [6.07, 6.45) is 0.155. The zero-order valence-corrected chi connectivity index (χ0v) is 13.2. The SMILES string of the molecule is Cc1nn(CCC(=O)NCCSCC(=O)O)c(C)c1[N+](=O)[O-]. The van der Waals surface area contributed by atoms with Gasteiger partial charge in [0.05, 0.1) is 17.2 Å². The summed E-state index contributed by atoms with van der Waals surface area (Å²) < 4.78 is 1.45. The lowest BCUT2D eigenvalue weighted by Gasteiger charge is -2.05. The monoisotopic (exact) mass is 330 g/mol. The van der Waals surface area contributed by atoms with E-state index < -0.39 is 10.9 Å². The highest BCUT2D eigenvalue weighted by atomic mass is 32.2. The van der Waals surface area contributed by atoms with Gasteiger partial charge in [-0.05, 0) is 13.8 Å². The fourth-order valence-corrected chi connectivity index (χ4v) is 2.45. The molecule has 9 nitrogen and oxygen atoms in total. The smallest absolute Gasteiger partial charge is 0.313 e. The molecular formula is C12H18N4O5S. The van der Waals surface area contributed by atoms with Crippen molar-refractivity contribution in [3.05, 3.63) is 21.5 Å². The molecule has 22 heavy (non-hydrogen) atoms. The zero-order valence-electron chi connectivity index (χ0n) is 12.4. The molecule has 1 rings (SSSR count). The zero-order chi connectivity index (χ0) is 16.7. The summed E-state index contributed by atoms with van der Waals surface area (Å²) in [6.45, 7) is 3.79. The van der Waals surface area contributed by atoms with Crippen LogP contribution in [0.2, 0.25) is 0 Å². The molecule has 0 aliphatic carbocycles. The van der Waals surface area contributed by atoms with E-state index in [2.05, 4.69) is 10.4 Å². The number of nitrogens with one attached hydrogen (secondary N) is 1. The molecule has 0 atom stereocenters. The quantitative estimate of drug-likeness (QED) is 0.388. The average Bonchev–Trinajstić information content (AvgIpc) is 2.70. The highest BCUT2D eigenvalue weighted by Crippen LogP contribution is 2.21. The summed E-state index contributed by atoms with van der Waals surface area (Å²) in [4.78, 5) is 32.3. The second kappa shape index (κ2) is 8.37. The number of aliphatic carboxylic acids is 1. The van der Waals surface area contributed by atoms with Crippen LogP contribution in [0, 0.1) is 24.0 Å². The molecule has 0 bridgehead atoms. The molecule has 1 aromatic rings. The molecule has 2 N–H and O–H groups in total. The molecule has 0 spiro atoms. The van der Waals surface area contributed by atoms with Gasteiger partial charge in [-0.2, -0.15) is 5.10 Å². The van der Waals surface area contributed by atoms with Gasteiger partial charge in [0.25, 0.3) is 0 Å². The molecule has 0 fully saturated rings. The van der Waals surface area contributed by atoms with Crippen LogP contribution < -0.4 is 5.32 Å². The number of hydrogen-bond donors (Lipinski definition) is 2. The van der Waals surface area contributed by atoms with Crippen LogP contribution in [0.25, 0.3) is 0 Å². The van der Waals surface area contributed by atoms with E-state index >= 15 is 0 Å². The van der Waals surface area contributed by atoms with Gasteiger partial charge in [-0.15, -0.1) is 11.8 Å². The molecule has 0 aromatic carbocycles. The lowest BCUT2D eigenvalue weighted by molar-refractivity contribution is -0.386. The molecule has 1 heterocycles. The summed E-state index contributed by atoms with van der Waals surface area (Å²) in [5.41, 5.74) is 0.728. The third-order valence-corrected chi connectivity index (χ3v) is 3.81. The van der Waals surface area contributed by atoms with E-state index in [1.807, 2.05) is 0 Å². The topological polar surface area (TPSA) is 127 Å². The van der Waals surface area contributed by atoms with Crippen LogP contribution in [0.15, 0.2) is 0 Å². The van der Waals surface area contributed by atoms with Crippen molar-refractivity contribution in [3.8, 4) is 0 Å². The first-order chi connectivity index (χ1) is 10.3. The molecule has 1 aromatic heterocycles. The maximum atomic E-state index is 11.6. The average molecular weight is 330 g/mol. The molecule has 0 aliphatic heterocycles. The number of aromatic nitrogens is 2. The summed E-state index contributed by atoms with van der Waals surface area (Å²) >= 11 is 1.22. The number of carboxylic acids is 1. The van der Waals surface area contributed by atoms with E-state index in [1.165, 1.54) is 16.4 Å². The van der Waals surface area contributed by atoms with Crippen LogP contribution in [-0.2, 0) is 16.1 Å². The molecule has 0 aliphatic rings. The van der Waals surface area contributed by atoms with Crippen molar-refractivity contribution >= 4 is 29.3 Å². The van der Waals surface area contributed by atoms with Gasteiger partial charge in [-0.1, -0.05) is 0 Å². The maximum absolute atomic E-state index is 11.6. The maximum Gasteiger partial charge on any atom is 0.313 e. The number of rotatable bonds is 9. The lowest BCUT2D eigenvalue weighted by atomic mass is 10.3. The normalized spacial score (nSPS) is 10.5. The lowest BCUT2D eigenvalue weighted by Crippen LogP contribution is -2.27. The van der Waals surface area contributed by atoms with Crippen LogP contribution >= 0.6 is 11.8 Å². The number of nitro groups is 1. The molecule has 10 heteroatoms. The van der Waals surface area contributed by atoms with Gasteiger partial charge in [0.1, 0.15) is 11.4 Å². The minimum absolute atomic E-state index is 0.00525.